The molecule has 0 aliphatic heterocycles. The molecule has 108 valence electrons. The van der Waals surface area contributed by atoms with Gasteiger partial charge >= 0.3 is 5.97 Å². The number of nitrogens with two attached hydrogens (primary N) is 1. The molecule has 1 aromatic rings. The van der Waals surface area contributed by atoms with Crippen molar-refractivity contribution in [3.05, 3.63) is 29.8 Å². The Balaban J connectivity index is 0.00000324. The topological polar surface area (TPSA) is 52.3 Å². The molecule has 0 amide bonds. The van der Waals surface area contributed by atoms with Gasteiger partial charge in [0.2, 0.25) is 0 Å². The molecule has 0 unspecified atom stereocenters. The number of hydrogen-bond acceptors (Lipinski definition) is 3. The van der Waals surface area contributed by atoms with Crippen LogP contribution >= 0.6 is 0 Å². The summed E-state index contributed by atoms with van der Waals surface area (Å²) in [5.41, 5.74) is 6.76. The van der Waals surface area contributed by atoms with Gasteiger partial charge in [-0.1, -0.05) is 0 Å². The van der Waals surface area contributed by atoms with Crippen molar-refractivity contribution in [1.82, 2.24) is 0 Å². The Morgan fingerprint density at radius 2 is 1.74 bits per heavy atom. The van der Waals surface area contributed by atoms with E-state index in [0.29, 0.717) is 17.9 Å². The van der Waals surface area contributed by atoms with Gasteiger partial charge < -0.3 is 31.9 Å². The third kappa shape index (κ3) is 5.61. The van der Waals surface area contributed by atoms with Crippen molar-refractivity contribution in [3.8, 4) is 0 Å². The van der Waals surface area contributed by atoms with Crippen molar-refractivity contribution in [3.63, 3.8) is 0 Å². The molecule has 0 aliphatic rings. The number of nitrogen functional groups attached to an aromatic ring is 1. The standard InChI is InChI=1S/C14H22N2O2.BrH/c1-4-16(3,5-2)10-11-18-14(17)12-6-8-13(15)9-7-12;/h6-9H,4-5,10-11H2,1-3H3,(H-,15,17);1H. The van der Waals surface area contributed by atoms with Gasteiger partial charge in [0.25, 0.3) is 0 Å². The molecule has 0 aromatic heterocycles. The Hall–Kier alpha value is -1.07. The van der Waals surface area contributed by atoms with Gasteiger partial charge in [-0.2, -0.15) is 0 Å². The third-order valence-electron chi connectivity index (χ3n) is 3.54. The average Bonchev–Trinajstić information content (AvgIpc) is 2.39. The second-order valence-corrected chi connectivity index (χ2v) is 4.73. The van der Waals surface area contributed by atoms with E-state index in [1.807, 2.05) is 0 Å². The molecule has 2 N–H and O–H groups in total. The van der Waals surface area contributed by atoms with Gasteiger partial charge in [0.1, 0.15) is 13.2 Å². The first kappa shape index (κ1) is 17.9. The third-order valence-corrected chi connectivity index (χ3v) is 3.54. The van der Waals surface area contributed by atoms with Crippen LogP contribution in [0.3, 0.4) is 0 Å². The van der Waals surface area contributed by atoms with Gasteiger partial charge in [0.05, 0.1) is 25.7 Å². The molecule has 0 radical (unpaired) electrons. The number of quaternary nitrogens is 1. The lowest BCUT2D eigenvalue weighted by Gasteiger charge is -2.31. The molecule has 1 rings (SSSR count). The Morgan fingerprint density at radius 3 is 2.21 bits per heavy atom. The molecule has 5 heteroatoms. The van der Waals surface area contributed by atoms with E-state index >= 15 is 0 Å². The van der Waals surface area contributed by atoms with Gasteiger partial charge in [-0.15, -0.1) is 0 Å². The highest BCUT2D eigenvalue weighted by atomic mass is 79.9. The predicted molar refractivity (Wildman–Crippen MR) is 73.3 cm³/mol. The highest BCUT2D eigenvalue weighted by Gasteiger charge is 2.17. The highest BCUT2D eigenvalue weighted by molar-refractivity contribution is 5.89. The summed E-state index contributed by atoms with van der Waals surface area (Å²) < 4.78 is 6.18. The van der Waals surface area contributed by atoms with Crippen LogP contribution in [-0.2, 0) is 4.74 Å². The zero-order chi connectivity index (χ0) is 13.6. The van der Waals surface area contributed by atoms with E-state index in [1.54, 1.807) is 24.3 Å². The first-order valence-electron chi connectivity index (χ1n) is 6.37. The molecule has 0 atom stereocenters. The number of nitrogens with zero attached hydrogens (tertiary/aromatic N) is 1. The average molecular weight is 331 g/mol. The van der Waals surface area contributed by atoms with Crippen LogP contribution in [0.4, 0.5) is 5.69 Å². The zero-order valence-electron chi connectivity index (χ0n) is 11.9. The van der Waals surface area contributed by atoms with Crippen molar-refractivity contribution >= 4 is 11.7 Å². The number of likely N-dealkylation sites (N-methyl/N-ethyl adjacent to an activating group) is 1. The fourth-order valence-electron chi connectivity index (χ4n) is 1.60. The molecule has 0 spiro atoms. The van der Waals surface area contributed by atoms with E-state index in [1.165, 1.54) is 0 Å². The maximum absolute atomic E-state index is 11.7. The Kier molecular flexibility index (Phi) is 7.71. The summed E-state index contributed by atoms with van der Waals surface area (Å²) >= 11 is 0. The number of carbonyl (C=O) groups is 1. The van der Waals surface area contributed by atoms with Crippen molar-refractivity contribution in [2.75, 3.05) is 39.0 Å². The normalized spacial score (nSPS) is 10.7. The van der Waals surface area contributed by atoms with Gasteiger partial charge in [-0.05, 0) is 38.1 Å². The van der Waals surface area contributed by atoms with Gasteiger partial charge in [-0.3, -0.25) is 0 Å². The fourth-order valence-corrected chi connectivity index (χ4v) is 1.60. The molecule has 0 fully saturated rings. The summed E-state index contributed by atoms with van der Waals surface area (Å²) in [7, 11) is 2.16. The second kappa shape index (κ2) is 8.17. The number of esters is 1. The molecule has 0 saturated heterocycles. The summed E-state index contributed by atoms with van der Waals surface area (Å²) in [6, 6.07) is 6.78. The van der Waals surface area contributed by atoms with Crippen LogP contribution in [0.5, 0.6) is 0 Å². The molecule has 4 nitrogen and oxygen atoms in total. The SMILES string of the molecule is CC[N+](C)(CC)CCOC(=O)c1ccc(N)cc1.[Br-]. The number of anilines is 1. The molecule has 0 saturated carbocycles. The Bertz CT molecular complexity index is 389. The molecular weight excluding hydrogens is 308 g/mol. The number of carbonyl (C=O) groups excluding carboxylic acids is 1. The number of ether oxygens (including phenoxy) is 1. The smallest absolute Gasteiger partial charge is 0.338 e. The second-order valence-electron chi connectivity index (χ2n) is 4.73. The van der Waals surface area contributed by atoms with Crippen molar-refractivity contribution in [2.24, 2.45) is 0 Å². The van der Waals surface area contributed by atoms with Crippen LogP contribution in [0.15, 0.2) is 24.3 Å². The zero-order valence-corrected chi connectivity index (χ0v) is 13.4. The van der Waals surface area contributed by atoms with E-state index in [4.69, 9.17) is 10.5 Å². The van der Waals surface area contributed by atoms with E-state index < -0.39 is 0 Å². The monoisotopic (exact) mass is 330 g/mol. The van der Waals surface area contributed by atoms with Gasteiger partial charge in [0, 0.05) is 5.69 Å². The maximum atomic E-state index is 11.7. The van der Waals surface area contributed by atoms with Gasteiger partial charge in [0.15, 0.2) is 0 Å². The number of hydrogen-bond donors (Lipinski definition) is 1. The molecule has 1 aromatic carbocycles. The minimum Gasteiger partial charge on any atom is -1.00 e. The summed E-state index contributed by atoms with van der Waals surface area (Å²) in [5.74, 6) is -0.284. The van der Waals surface area contributed by atoms with E-state index in [-0.39, 0.29) is 23.0 Å². The number of rotatable bonds is 6. The van der Waals surface area contributed by atoms with Crippen LogP contribution in [0.25, 0.3) is 0 Å². The number of benzene rings is 1. The summed E-state index contributed by atoms with van der Waals surface area (Å²) in [6.45, 7) is 7.65. The lowest BCUT2D eigenvalue weighted by atomic mass is 10.2. The molecular formula is C14H23BrN2O2. The maximum Gasteiger partial charge on any atom is 0.338 e. The van der Waals surface area contributed by atoms with E-state index in [9.17, 15) is 4.79 Å². The molecule has 0 heterocycles. The lowest BCUT2D eigenvalue weighted by Crippen LogP contribution is -3.00. The first-order chi connectivity index (χ1) is 8.50. The molecule has 0 aliphatic carbocycles. The minimum atomic E-state index is -0.284. The van der Waals surface area contributed by atoms with Crippen LogP contribution in [0, 0.1) is 0 Å². The van der Waals surface area contributed by atoms with Crippen molar-refractivity contribution < 1.29 is 31.0 Å². The van der Waals surface area contributed by atoms with Crippen molar-refractivity contribution in [1.29, 1.82) is 0 Å². The number of halogens is 1. The summed E-state index contributed by atoms with van der Waals surface area (Å²) in [5, 5.41) is 0. The van der Waals surface area contributed by atoms with Gasteiger partial charge in [-0.25, -0.2) is 4.79 Å². The molecule has 0 bridgehead atoms. The quantitative estimate of drug-likeness (QED) is 0.410. The Labute approximate surface area is 125 Å². The lowest BCUT2D eigenvalue weighted by molar-refractivity contribution is -0.906. The minimum absolute atomic E-state index is 0. The Morgan fingerprint density at radius 1 is 1.21 bits per heavy atom. The fraction of sp³-hybridized carbons (Fsp3) is 0.500. The summed E-state index contributed by atoms with van der Waals surface area (Å²) in [6.07, 6.45) is 0. The van der Waals surface area contributed by atoms with Crippen LogP contribution in [-0.4, -0.2) is 43.7 Å². The highest BCUT2D eigenvalue weighted by Crippen LogP contribution is 2.07. The van der Waals surface area contributed by atoms with Crippen LogP contribution in [0.2, 0.25) is 0 Å². The first-order valence-corrected chi connectivity index (χ1v) is 6.37. The van der Waals surface area contributed by atoms with E-state index in [2.05, 4.69) is 20.9 Å². The predicted octanol–water partition coefficient (Wildman–Crippen LogP) is -1.08. The van der Waals surface area contributed by atoms with Crippen LogP contribution < -0.4 is 22.7 Å². The largest absolute Gasteiger partial charge is 1.00 e. The molecule has 19 heavy (non-hydrogen) atoms. The van der Waals surface area contributed by atoms with E-state index in [0.717, 1.165) is 24.1 Å². The van der Waals surface area contributed by atoms with Crippen LogP contribution in [0.1, 0.15) is 24.2 Å². The van der Waals surface area contributed by atoms with Crippen molar-refractivity contribution in [2.45, 2.75) is 13.8 Å². The summed E-state index contributed by atoms with van der Waals surface area (Å²) in [4.78, 5) is 11.7.